The lowest BCUT2D eigenvalue weighted by molar-refractivity contribution is 0.0928. The SMILES string of the molecule is CCn1ncnc1[C@H](NC(=O)c1ccoc1)C1CC1. The van der Waals surface area contributed by atoms with Gasteiger partial charge in [-0.3, -0.25) is 4.79 Å². The number of carbonyl (C=O) groups is 1. The molecule has 6 heteroatoms. The first-order valence-electron chi connectivity index (χ1n) is 6.50. The van der Waals surface area contributed by atoms with Crippen molar-refractivity contribution in [3.63, 3.8) is 0 Å². The molecule has 6 nitrogen and oxygen atoms in total. The van der Waals surface area contributed by atoms with Crippen LogP contribution >= 0.6 is 0 Å². The Labute approximate surface area is 110 Å². The van der Waals surface area contributed by atoms with Crippen LogP contribution in [0.3, 0.4) is 0 Å². The van der Waals surface area contributed by atoms with Crippen molar-refractivity contribution in [2.24, 2.45) is 5.92 Å². The molecule has 2 aromatic heterocycles. The fourth-order valence-electron chi connectivity index (χ4n) is 2.20. The lowest BCUT2D eigenvalue weighted by Gasteiger charge is -2.17. The zero-order valence-electron chi connectivity index (χ0n) is 10.7. The van der Waals surface area contributed by atoms with E-state index in [0.29, 0.717) is 11.5 Å². The summed E-state index contributed by atoms with van der Waals surface area (Å²) in [6.07, 6.45) is 6.72. The van der Waals surface area contributed by atoms with Crippen molar-refractivity contribution in [1.82, 2.24) is 20.1 Å². The number of aromatic nitrogens is 3. The lowest BCUT2D eigenvalue weighted by atomic mass is 10.1. The lowest BCUT2D eigenvalue weighted by Crippen LogP contribution is -2.31. The average Bonchev–Trinajstić information content (AvgIpc) is 2.95. The third-order valence-corrected chi connectivity index (χ3v) is 3.39. The summed E-state index contributed by atoms with van der Waals surface area (Å²) in [5, 5.41) is 7.21. The normalized spacial score (nSPS) is 16.3. The topological polar surface area (TPSA) is 73.0 Å². The number of hydrogen-bond donors (Lipinski definition) is 1. The first-order chi connectivity index (χ1) is 9.29. The first-order valence-corrected chi connectivity index (χ1v) is 6.50. The van der Waals surface area contributed by atoms with Gasteiger partial charge in [0.15, 0.2) is 0 Å². The minimum atomic E-state index is -0.128. The van der Waals surface area contributed by atoms with E-state index in [0.717, 1.165) is 25.2 Å². The van der Waals surface area contributed by atoms with Crippen LogP contribution in [0, 0.1) is 5.92 Å². The molecule has 0 saturated heterocycles. The van der Waals surface area contributed by atoms with Crippen LogP contribution in [-0.4, -0.2) is 20.7 Å². The van der Waals surface area contributed by atoms with E-state index in [1.54, 1.807) is 6.07 Å². The van der Waals surface area contributed by atoms with Gasteiger partial charge in [0.2, 0.25) is 0 Å². The molecule has 2 aromatic rings. The summed E-state index contributed by atoms with van der Waals surface area (Å²) in [5.74, 6) is 1.17. The Morgan fingerprint density at radius 2 is 2.47 bits per heavy atom. The van der Waals surface area contributed by atoms with Gasteiger partial charge in [0.25, 0.3) is 5.91 Å². The van der Waals surface area contributed by atoms with Gasteiger partial charge >= 0.3 is 0 Å². The highest BCUT2D eigenvalue weighted by Gasteiger charge is 2.36. The minimum absolute atomic E-state index is 0.0650. The van der Waals surface area contributed by atoms with Crippen molar-refractivity contribution in [2.75, 3.05) is 0 Å². The summed E-state index contributed by atoms with van der Waals surface area (Å²) >= 11 is 0. The molecule has 0 radical (unpaired) electrons. The van der Waals surface area contributed by atoms with Crippen molar-refractivity contribution < 1.29 is 9.21 Å². The predicted octanol–water partition coefficient (Wildman–Crippen LogP) is 1.77. The number of hydrogen-bond acceptors (Lipinski definition) is 4. The van der Waals surface area contributed by atoms with Crippen molar-refractivity contribution in [3.05, 3.63) is 36.3 Å². The molecule has 0 aliphatic heterocycles. The van der Waals surface area contributed by atoms with E-state index in [1.807, 2.05) is 11.6 Å². The smallest absolute Gasteiger partial charge is 0.255 e. The molecule has 0 unspecified atom stereocenters. The fourth-order valence-corrected chi connectivity index (χ4v) is 2.20. The molecule has 3 rings (SSSR count). The average molecular weight is 260 g/mol. The van der Waals surface area contributed by atoms with Crippen molar-refractivity contribution >= 4 is 5.91 Å². The largest absolute Gasteiger partial charge is 0.472 e. The summed E-state index contributed by atoms with van der Waals surface area (Å²) in [6.45, 7) is 2.76. The summed E-state index contributed by atoms with van der Waals surface area (Å²) in [6, 6.07) is 1.59. The second-order valence-corrected chi connectivity index (χ2v) is 4.73. The maximum Gasteiger partial charge on any atom is 0.255 e. The maximum absolute atomic E-state index is 12.1. The summed E-state index contributed by atoms with van der Waals surface area (Å²) in [5.41, 5.74) is 0.535. The summed E-state index contributed by atoms with van der Waals surface area (Å²) < 4.78 is 6.77. The minimum Gasteiger partial charge on any atom is -0.472 e. The van der Waals surface area contributed by atoms with Crippen LogP contribution in [0.2, 0.25) is 0 Å². The van der Waals surface area contributed by atoms with Crippen molar-refractivity contribution in [2.45, 2.75) is 32.4 Å². The summed E-state index contributed by atoms with van der Waals surface area (Å²) in [4.78, 5) is 16.4. The monoisotopic (exact) mass is 260 g/mol. The number of nitrogens with zero attached hydrogens (tertiary/aromatic N) is 3. The van der Waals surface area contributed by atoms with Gasteiger partial charge in [-0.25, -0.2) is 9.67 Å². The van der Waals surface area contributed by atoms with E-state index in [4.69, 9.17) is 4.42 Å². The number of furan rings is 1. The van der Waals surface area contributed by atoms with E-state index in [1.165, 1.54) is 18.9 Å². The van der Waals surface area contributed by atoms with Gasteiger partial charge in [-0.2, -0.15) is 5.10 Å². The number of carbonyl (C=O) groups excluding carboxylic acids is 1. The zero-order chi connectivity index (χ0) is 13.2. The molecule has 0 bridgehead atoms. The van der Waals surface area contributed by atoms with Gasteiger partial charge in [0, 0.05) is 6.54 Å². The molecule has 1 aliphatic carbocycles. The van der Waals surface area contributed by atoms with E-state index >= 15 is 0 Å². The van der Waals surface area contributed by atoms with Crippen LogP contribution in [0.5, 0.6) is 0 Å². The van der Waals surface area contributed by atoms with Crippen molar-refractivity contribution in [3.8, 4) is 0 Å². The molecule has 1 N–H and O–H groups in total. The van der Waals surface area contributed by atoms with Crippen LogP contribution in [0.15, 0.2) is 29.3 Å². The van der Waals surface area contributed by atoms with Crippen LogP contribution in [0.1, 0.15) is 42.0 Å². The molecule has 1 fully saturated rings. The highest BCUT2D eigenvalue weighted by atomic mass is 16.3. The van der Waals surface area contributed by atoms with Crippen LogP contribution < -0.4 is 5.32 Å². The van der Waals surface area contributed by atoms with Gasteiger partial charge in [0.05, 0.1) is 17.9 Å². The highest BCUT2D eigenvalue weighted by Crippen LogP contribution is 2.40. The van der Waals surface area contributed by atoms with Gasteiger partial charge in [-0.15, -0.1) is 0 Å². The number of amides is 1. The highest BCUT2D eigenvalue weighted by molar-refractivity contribution is 5.94. The number of rotatable bonds is 5. The second-order valence-electron chi connectivity index (χ2n) is 4.73. The molecule has 0 spiro atoms. The molecule has 100 valence electrons. The second kappa shape index (κ2) is 4.87. The Kier molecular flexibility index (Phi) is 3.06. The summed E-state index contributed by atoms with van der Waals surface area (Å²) in [7, 11) is 0. The molecular weight excluding hydrogens is 244 g/mol. The van der Waals surface area contributed by atoms with E-state index in [2.05, 4.69) is 15.4 Å². The molecule has 19 heavy (non-hydrogen) atoms. The van der Waals surface area contributed by atoms with Crippen LogP contribution in [0.25, 0.3) is 0 Å². The maximum atomic E-state index is 12.1. The predicted molar refractivity (Wildman–Crippen MR) is 67.3 cm³/mol. The van der Waals surface area contributed by atoms with Gasteiger partial charge in [0.1, 0.15) is 18.4 Å². The van der Waals surface area contributed by atoms with E-state index in [-0.39, 0.29) is 11.9 Å². The standard InChI is InChI=1S/C13H16N4O2/c1-2-17-12(14-8-15-17)11(9-3-4-9)16-13(18)10-5-6-19-7-10/h5-9,11H,2-4H2,1H3,(H,16,18)/t11-/m1/s1. The first kappa shape index (κ1) is 12.0. The fraction of sp³-hybridized carbons (Fsp3) is 0.462. The molecule has 2 heterocycles. The third kappa shape index (κ3) is 2.38. The Morgan fingerprint density at radius 1 is 1.63 bits per heavy atom. The zero-order valence-corrected chi connectivity index (χ0v) is 10.7. The van der Waals surface area contributed by atoms with Gasteiger partial charge < -0.3 is 9.73 Å². The Hall–Kier alpha value is -2.11. The van der Waals surface area contributed by atoms with Crippen LogP contribution in [0.4, 0.5) is 0 Å². The van der Waals surface area contributed by atoms with E-state index in [9.17, 15) is 4.79 Å². The number of aryl methyl sites for hydroxylation is 1. The Bertz CT molecular complexity index is 557. The third-order valence-electron chi connectivity index (χ3n) is 3.39. The molecule has 1 saturated carbocycles. The van der Waals surface area contributed by atoms with Crippen molar-refractivity contribution in [1.29, 1.82) is 0 Å². The Morgan fingerprint density at radius 3 is 3.11 bits per heavy atom. The quantitative estimate of drug-likeness (QED) is 0.889. The Balaban J connectivity index is 1.80. The molecule has 1 atom stereocenters. The molecule has 1 amide bonds. The van der Waals surface area contributed by atoms with Gasteiger partial charge in [-0.05, 0) is 31.7 Å². The van der Waals surface area contributed by atoms with Gasteiger partial charge in [-0.1, -0.05) is 0 Å². The van der Waals surface area contributed by atoms with Crippen LogP contribution in [-0.2, 0) is 6.54 Å². The molecule has 1 aliphatic rings. The van der Waals surface area contributed by atoms with E-state index < -0.39 is 0 Å². The molecule has 0 aromatic carbocycles. The molecular formula is C13H16N4O2. The number of nitrogens with one attached hydrogen (secondary N) is 1.